The second-order valence-corrected chi connectivity index (χ2v) is 6.19. The van der Waals surface area contributed by atoms with E-state index >= 15 is 0 Å². The van der Waals surface area contributed by atoms with Crippen LogP contribution in [0.2, 0.25) is 5.02 Å². The molecule has 140 valence electrons. The van der Waals surface area contributed by atoms with Crippen molar-refractivity contribution in [3.05, 3.63) is 40.4 Å². The van der Waals surface area contributed by atoms with Gasteiger partial charge in [0.25, 0.3) is 0 Å². The number of aliphatic imine (C=N–C) groups is 1. The summed E-state index contributed by atoms with van der Waals surface area (Å²) in [5, 5.41) is 17.1. The van der Waals surface area contributed by atoms with Gasteiger partial charge in [-0.25, -0.2) is 14.0 Å². The molecule has 0 amide bonds. The van der Waals surface area contributed by atoms with Gasteiger partial charge in [-0.15, -0.1) is 0 Å². The number of hydrogen-bond donors (Lipinski definition) is 2. The van der Waals surface area contributed by atoms with Crippen molar-refractivity contribution in [2.24, 2.45) is 4.99 Å². The van der Waals surface area contributed by atoms with Gasteiger partial charge in [0.05, 0.1) is 23.9 Å². The SMILES string of the molecule is ONC(=Nc1ccc(F)c(Cl)c1)c1nonc1CCCN1CCOCC1. The molecule has 1 saturated heterocycles. The molecule has 1 aliphatic rings. The molecule has 1 fully saturated rings. The van der Waals surface area contributed by atoms with Gasteiger partial charge in [-0.05, 0) is 42.7 Å². The Morgan fingerprint density at radius 3 is 2.88 bits per heavy atom. The molecule has 0 spiro atoms. The highest BCUT2D eigenvalue weighted by Crippen LogP contribution is 2.22. The average Bonchev–Trinajstić information content (AvgIpc) is 3.12. The highest BCUT2D eigenvalue weighted by atomic mass is 35.5. The standard InChI is InChI=1S/C16H19ClFN5O3/c17-12-10-11(3-4-13(12)18)19-16(20-24)15-14(21-26-22-15)2-1-5-23-6-8-25-9-7-23/h3-4,10,24H,1-2,5-9H2,(H,19,20). The number of amidine groups is 1. The first-order valence-corrected chi connectivity index (χ1v) is 8.61. The molecule has 0 saturated carbocycles. The van der Waals surface area contributed by atoms with Crippen molar-refractivity contribution in [1.29, 1.82) is 0 Å². The Morgan fingerprint density at radius 1 is 1.35 bits per heavy atom. The number of hydroxylamine groups is 1. The normalized spacial score (nSPS) is 16.0. The van der Waals surface area contributed by atoms with Gasteiger partial charge in [0.15, 0.2) is 11.5 Å². The summed E-state index contributed by atoms with van der Waals surface area (Å²) in [6.07, 6.45) is 1.46. The fourth-order valence-corrected chi connectivity index (χ4v) is 2.83. The number of morpholine rings is 1. The van der Waals surface area contributed by atoms with Gasteiger partial charge in [0, 0.05) is 13.1 Å². The lowest BCUT2D eigenvalue weighted by atomic mass is 10.1. The number of nitrogens with zero attached hydrogens (tertiary/aromatic N) is 4. The van der Waals surface area contributed by atoms with Crippen molar-refractivity contribution >= 4 is 23.1 Å². The van der Waals surface area contributed by atoms with E-state index in [1.54, 1.807) is 0 Å². The zero-order valence-corrected chi connectivity index (χ0v) is 14.7. The zero-order chi connectivity index (χ0) is 18.4. The Hall–Kier alpha value is -2.07. The second kappa shape index (κ2) is 9.04. The molecule has 10 heteroatoms. The number of aromatic nitrogens is 2. The van der Waals surface area contributed by atoms with E-state index in [1.807, 2.05) is 5.48 Å². The van der Waals surface area contributed by atoms with Crippen LogP contribution in [0, 0.1) is 5.82 Å². The number of aryl methyl sites for hydroxylation is 1. The van der Waals surface area contributed by atoms with Crippen LogP contribution >= 0.6 is 11.6 Å². The van der Waals surface area contributed by atoms with Crippen LogP contribution < -0.4 is 5.48 Å². The Kier molecular flexibility index (Phi) is 6.51. The summed E-state index contributed by atoms with van der Waals surface area (Å²) < 4.78 is 23.4. The molecule has 2 aromatic rings. The van der Waals surface area contributed by atoms with E-state index in [4.69, 9.17) is 21.0 Å². The van der Waals surface area contributed by atoms with Crippen LogP contribution in [-0.4, -0.2) is 59.1 Å². The summed E-state index contributed by atoms with van der Waals surface area (Å²) >= 11 is 5.75. The van der Waals surface area contributed by atoms with Gasteiger partial charge >= 0.3 is 0 Å². The summed E-state index contributed by atoms with van der Waals surface area (Å²) in [4.78, 5) is 6.51. The van der Waals surface area contributed by atoms with Gasteiger partial charge in [0.1, 0.15) is 11.5 Å². The number of rotatable bonds is 6. The second-order valence-electron chi connectivity index (χ2n) is 5.79. The average molecular weight is 384 g/mol. The quantitative estimate of drug-likeness (QED) is 0.448. The monoisotopic (exact) mass is 383 g/mol. The number of halogens is 2. The van der Waals surface area contributed by atoms with Crippen molar-refractivity contribution < 1.29 is 19.0 Å². The molecule has 0 bridgehead atoms. The Morgan fingerprint density at radius 2 is 2.15 bits per heavy atom. The Bertz CT molecular complexity index is 764. The van der Waals surface area contributed by atoms with Crippen molar-refractivity contribution in [3.8, 4) is 0 Å². The van der Waals surface area contributed by atoms with Gasteiger partial charge in [-0.1, -0.05) is 16.8 Å². The third kappa shape index (κ3) is 4.76. The smallest absolute Gasteiger partial charge is 0.181 e. The minimum Gasteiger partial charge on any atom is -0.379 e. The molecule has 1 aromatic carbocycles. The molecule has 3 rings (SSSR count). The molecule has 0 aliphatic carbocycles. The van der Waals surface area contributed by atoms with Crippen LogP contribution in [0.3, 0.4) is 0 Å². The third-order valence-electron chi connectivity index (χ3n) is 4.02. The van der Waals surface area contributed by atoms with E-state index in [2.05, 4.69) is 20.2 Å². The van der Waals surface area contributed by atoms with Crippen molar-refractivity contribution in [2.75, 3.05) is 32.8 Å². The van der Waals surface area contributed by atoms with Gasteiger partial charge in [-0.3, -0.25) is 15.6 Å². The number of nitrogens with one attached hydrogen (secondary N) is 1. The van der Waals surface area contributed by atoms with E-state index in [0.717, 1.165) is 39.3 Å². The van der Waals surface area contributed by atoms with Crippen LogP contribution in [0.5, 0.6) is 0 Å². The summed E-state index contributed by atoms with van der Waals surface area (Å²) in [5.74, 6) is -0.494. The highest BCUT2D eigenvalue weighted by molar-refractivity contribution is 6.31. The highest BCUT2D eigenvalue weighted by Gasteiger charge is 2.17. The molecular formula is C16H19ClFN5O3. The predicted octanol–water partition coefficient (Wildman–Crippen LogP) is 2.18. The topological polar surface area (TPSA) is 96.0 Å². The molecule has 1 aromatic heterocycles. The lowest BCUT2D eigenvalue weighted by Crippen LogP contribution is -2.37. The molecule has 2 heterocycles. The van der Waals surface area contributed by atoms with E-state index < -0.39 is 5.82 Å². The van der Waals surface area contributed by atoms with Gasteiger partial charge in [0.2, 0.25) is 0 Å². The minimum absolute atomic E-state index is 0.0512. The fraction of sp³-hybridized carbons (Fsp3) is 0.438. The Balaban J connectivity index is 1.68. The molecule has 8 nitrogen and oxygen atoms in total. The maximum Gasteiger partial charge on any atom is 0.181 e. The molecule has 0 radical (unpaired) electrons. The first-order chi connectivity index (χ1) is 12.7. The van der Waals surface area contributed by atoms with Gasteiger partial charge < -0.3 is 4.74 Å². The maximum absolute atomic E-state index is 13.3. The lowest BCUT2D eigenvalue weighted by molar-refractivity contribution is 0.0374. The summed E-state index contributed by atoms with van der Waals surface area (Å²) in [7, 11) is 0. The Labute approximate surface area is 154 Å². The predicted molar refractivity (Wildman–Crippen MR) is 92.4 cm³/mol. The summed E-state index contributed by atoms with van der Waals surface area (Å²) in [5.41, 5.74) is 3.22. The van der Waals surface area contributed by atoms with Crippen LogP contribution in [0.4, 0.5) is 10.1 Å². The lowest BCUT2D eigenvalue weighted by Gasteiger charge is -2.26. The van der Waals surface area contributed by atoms with Crippen LogP contribution in [0.15, 0.2) is 27.8 Å². The van der Waals surface area contributed by atoms with Crippen LogP contribution in [0.1, 0.15) is 17.8 Å². The number of hydrogen-bond acceptors (Lipinski definition) is 7. The summed E-state index contributed by atoms with van der Waals surface area (Å²) in [6.45, 7) is 4.24. The largest absolute Gasteiger partial charge is 0.379 e. The van der Waals surface area contributed by atoms with Crippen LogP contribution in [0.25, 0.3) is 0 Å². The third-order valence-corrected chi connectivity index (χ3v) is 4.31. The molecule has 0 atom stereocenters. The molecule has 26 heavy (non-hydrogen) atoms. The van der Waals surface area contributed by atoms with E-state index in [9.17, 15) is 9.60 Å². The minimum atomic E-state index is -0.545. The summed E-state index contributed by atoms with van der Waals surface area (Å²) in [6, 6.07) is 3.98. The fourth-order valence-electron chi connectivity index (χ4n) is 2.66. The van der Waals surface area contributed by atoms with E-state index in [1.165, 1.54) is 18.2 Å². The van der Waals surface area contributed by atoms with Crippen molar-refractivity contribution in [1.82, 2.24) is 20.7 Å². The first kappa shape index (κ1) is 18.7. The van der Waals surface area contributed by atoms with E-state index in [-0.39, 0.29) is 10.9 Å². The van der Waals surface area contributed by atoms with Gasteiger partial charge in [-0.2, -0.15) is 0 Å². The molecule has 2 N–H and O–H groups in total. The first-order valence-electron chi connectivity index (χ1n) is 8.23. The molecule has 0 unspecified atom stereocenters. The zero-order valence-electron chi connectivity index (χ0n) is 14.0. The van der Waals surface area contributed by atoms with Crippen molar-refractivity contribution in [2.45, 2.75) is 12.8 Å². The van der Waals surface area contributed by atoms with Crippen LogP contribution in [-0.2, 0) is 11.2 Å². The van der Waals surface area contributed by atoms with Crippen molar-refractivity contribution in [3.63, 3.8) is 0 Å². The maximum atomic E-state index is 13.3. The molecule has 1 aliphatic heterocycles. The molecular weight excluding hydrogens is 365 g/mol. The number of ether oxygens (including phenoxy) is 1. The number of benzene rings is 1. The van der Waals surface area contributed by atoms with E-state index in [0.29, 0.717) is 23.5 Å².